The van der Waals surface area contributed by atoms with Crippen LogP contribution in [0.1, 0.15) is 6.92 Å². The molecule has 1 heterocycles. The molecule has 7 heteroatoms. The Morgan fingerprint density at radius 1 is 1.47 bits per heavy atom. The van der Waals surface area contributed by atoms with Gasteiger partial charge in [0.2, 0.25) is 15.9 Å². The van der Waals surface area contributed by atoms with Crippen molar-refractivity contribution in [1.82, 2.24) is 4.31 Å². The Kier molecular flexibility index (Phi) is 3.11. The number of rotatable bonds is 1. The molecule has 0 atom stereocenters. The third-order valence-electron chi connectivity index (χ3n) is 2.51. The summed E-state index contributed by atoms with van der Waals surface area (Å²) < 4.78 is 25.6. The van der Waals surface area contributed by atoms with E-state index in [-0.39, 0.29) is 29.6 Å². The van der Waals surface area contributed by atoms with Gasteiger partial charge in [0.15, 0.2) is 0 Å². The summed E-state index contributed by atoms with van der Waals surface area (Å²) in [6.45, 7) is 1.74. The molecular formula is C10H11ClN2O3S. The highest BCUT2D eigenvalue weighted by Gasteiger charge is 2.31. The molecule has 0 spiro atoms. The van der Waals surface area contributed by atoms with E-state index in [9.17, 15) is 13.2 Å². The van der Waals surface area contributed by atoms with Crippen molar-refractivity contribution < 1.29 is 13.2 Å². The SMILES string of the molecule is CCN1CC(=O)Nc2ccc(Cl)cc2S1(=O)=O. The van der Waals surface area contributed by atoms with Gasteiger partial charge in [-0.05, 0) is 18.2 Å². The van der Waals surface area contributed by atoms with Crippen LogP contribution in [0.5, 0.6) is 0 Å². The van der Waals surface area contributed by atoms with E-state index >= 15 is 0 Å². The Balaban J connectivity index is 2.67. The number of nitrogens with one attached hydrogen (secondary N) is 1. The van der Waals surface area contributed by atoms with Crippen molar-refractivity contribution in [2.45, 2.75) is 11.8 Å². The molecule has 1 aliphatic heterocycles. The first-order valence-electron chi connectivity index (χ1n) is 5.04. The fraction of sp³-hybridized carbons (Fsp3) is 0.300. The number of likely N-dealkylation sites (N-methyl/N-ethyl adjacent to an activating group) is 1. The number of benzene rings is 1. The third-order valence-corrected chi connectivity index (χ3v) is 4.70. The van der Waals surface area contributed by atoms with Crippen LogP contribution in [0.25, 0.3) is 0 Å². The van der Waals surface area contributed by atoms with Crippen molar-refractivity contribution in [1.29, 1.82) is 0 Å². The van der Waals surface area contributed by atoms with Gasteiger partial charge in [-0.3, -0.25) is 4.79 Å². The average Bonchev–Trinajstić information content (AvgIpc) is 2.36. The maximum Gasteiger partial charge on any atom is 0.245 e. The van der Waals surface area contributed by atoms with Gasteiger partial charge in [0.05, 0.1) is 12.2 Å². The molecular weight excluding hydrogens is 264 g/mol. The van der Waals surface area contributed by atoms with E-state index in [1.165, 1.54) is 18.2 Å². The second-order valence-corrected chi connectivity index (χ2v) is 5.96. The van der Waals surface area contributed by atoms with Crippen LogP contribution in [0.2, 0.25) is 5.02 Å². The second-order valence-electron chi connectivity index (χ2n) is 3.62. The smallest absolute Gasteiger partial charge is 0.245 e. The summed E-state index contributed by atoms with van der Waals surface area (Å²) in [6.07, 6.45) is 0. The molecule has 0 aliphatic carbocycles. The van der Waals surface area contributed by atoms with Crippen molar-refractivity contribution in [2.75, 3.05) is 18.4 Å². The van der Waals surface area contributed by atoms with Crippen LogP contribution in [0.15, 0.2) is 23.1 Å². The van der Waals surface area contributed by atoms with E-state index in [1.54, 1.807) is 6.92 Å². The summed E-state index contributed by atoms with van der Waals surface area (Å²) in [5.74, 6) is -0.350. The monoisotopic (exact) mass is 274 g/mol. The number of fused-ring (bicyclic) bond motifs is 1. The van der Waals surface area contributed by atoms with E-state index in [2.05, 4.69) is 5.32 Å². The lowest BCUT2D eigenvalue weighted by molar-refractivity contribution is -0.116. The Labute approximate surface area is 104 Å². The summed E-state index contributed by atoms with van der Waals surface area (Å²) in [7, 11) is -3.66. The molecule has 1 aliphatic rings. The quantitative estimate of drug-likeness (QED) is 0.839. The number of nitrogens with zero attached hydrogens (tertiary/aromatic N) is 1. The largest absolute Gasteiger partial charge is 0.324 e. The van der Waals surface area contributed by atoms with Gasteiger partial charge in [-0.15, -0.1) is 0 Å². The van der Waals surface area contributed by atoms with Crippen molar-refractivity contribution in [3.63, 3.8) is 0 Å². The van der Waals surface area contributed by atoms with Crippen LogP contribution >= 0.6 is 11.6 Å². The van der Waals surface area contributed by atoms with E-state index < -0.39 is 10.0 Å². The van der Waals surface area contributed by atoms with Gasteiger partial charge in [0, 0.05) is 11.6 Å². The molecule has 17 heavy (non-hydrogen) atoms. The van der Waals surface area contributed by atoms with Gasteiger partial charge in [-0.2, -0.15) is 4.31 Å². The molecule has 92 valence electrons. The summed E-state index contributed by atoms with van der Waals surface area (Å²) in [6, 6.07) is 4.38. The minimum atomic E-state index is -3.66. The Bertz CT molecular complexity index is 571. The summed E-state index contributed by atoms with van der Waals surface area (Å²) in [5.41, 5.74) is 0.273. The summed E-state index contributed by atoms with van der Waals surface area (Å²) in [4.78, 5) is 11.6. The molecule has 2 rings (SSSR count). The number of carbonyl (C=O) groups is 1. The zero-order valence-electron chi connectivity index (χ0n) is 9.10. The summed E-state index contributed by atoms with van der Waals surface area (Å²) in [5, 5.41) is 2.87. The Morgan fingerprint density at radius 2 is 2.18 bits per heavy atom. The highest BCUT2D eigenvalue weighted by atomic mass is 35.5. The second kappa shape index (κ2) is 4.29. The molecule has 1 aromatic carbocycles. The van der Waals surface area contributed by atoms with Crippen molar-refractivity contribution in [2.24, 2.45) is 0 Å². The molecule has 1 amide bonds. The van der Waals surface area contributed by atoms with Crippen molar-refractivity contribution in [3.8, 4) is 0 Å². The molecule has 0 fully saturated rings. The molecule has 1 aromatic rings. The Morgan fingerprint density at radius 3 is 2.82 bits per heavy atom. The highest BCUT2D eigenvalue weighted by molar-refractivity contribution is 7.89. The average molecular weight is 275 g/mol. The van der Waals surface area contributed by atoms with Crippen molar-refractivity contribution in [3.05, 3.63) is 23.2 Å². The molecule has 0 bridgehead atoms. The molecule has 0 radical (unpaired) electrons. The van der Waals surface area contributed by atoms with Crippen molar-refractivity contribution >= 4 is 33.2 Å². The van der Waals surface area contributed by atoms with E-state index in [0.717, 1.165) is 4.31 Å². The minimum Gasteiger partial charge on any atom is -0.324 e. The lowest BCUT2D eigenvalue weighted by Crippen LogP contribution is -2.34. The molecule has 0 saturated heterocycles. The molecule has 0 saturated carbocycles. The van der Waals surface area contributed by atoms with Gasteiger partial charge in [-0.25, -0.2) is 8.42 Å². The fourth-order valence-electron chi connectivity index (χ4n) is 1.67. The molecule has 0 aromatic heterocycles. The first-order chi connectivity index (χ1) is 7.95. The van der Waals surface area contributed by atoms with Crippen LogP contribution < -0.4 is 5.32 Å². The molecule has 1 N–H and O–H groups in total. The van der Waals surface area contributed by atoms with Gasteiger partial charge < -0.3 is 5.32 Å². The lowest BCUT2D eigenvalue weighted by Gasteiger charge is -2.16. The zero-order valence-corrected chi connectivity index (χ0v) is 10.7. The third kappa shape index (κ3) is 2.15. The summed E-state index contributed by atoms with van der Waals surface area (Å²) >= 11 is 5.79. The minimum absolute atomic E-state index is 0.0395. The molecule has 5 nitrogen and oxygen atoms in total. The Hall–Kier alpha value is -1.11. The maximum absolute atomic E-state index is 12.2. The first-order valence-corrected chi connectivity index (χ1v) is 6.86. The number of sulfonamides is 1. The number of hydrogen-bond acceptors (Lipinski definition) is 3. The highest BCUT2D eigenvalue weighted by Crippen LogP contribution is 2.29. The van der Waals surface area contributed by atoms with Gasteiger partial charge in [0.1, 0.15) is 4.90 Å². The normalized spacial score (nSPS) is 19.3. The molecule has 0 unspecified atom stereocenters. The predicted octanol–water partition coefficient (Wildman–Crippen LogP) is 1.30. The van der Waals surface area contributed by atoms with Gasteiger partial charge in [0.25, 0.3) is 0 Å². The van der Waals surface area contributed by atoms with Gasteiger partial charge in [-0.1, -0.05) is 18.5 Å². The number of hydrogen-bond donors (Lipinski definition) is 1. The van der Waals surface area contributed by atoms with E-state index in [1.807, 2.05) is 0 Å². The maximum atomic E-state index is 12.2. The van der Waals surface area contributed by atoms with Crippen LogP contribution in [0.4, 0.5) is 5.69 Å². The van der Waals surface area contributed by atoms with Crippen LogP contribution in [0.3, 0.4) is 0 Å². The fourth-order valence-corrected chi connectivity index (χ4v) is 3.48. The number of carbonyl (C=O) groups excluding carboxylic acids is 1. The van der Waals surface area contributed by atoms with Crippen LogP contribution in [-0.2, 0) is 14.8 Å². The number of halogens is 1. The number of anilines is 1. The van der Waals surface area contributed by atoms with E-state index in [0.29, 0.717) is 5.02 Å². The number of amides is 1. The van der Waals surface area contributed by atoms with Crippen LogP contribution in [0, 0.1) is 0 Å². The lowest BCUT2D eigenvalue weighted by atomic mass is 10.3. The van der Waals surface area contributed by atoms with E-state index in [4.69, 9.17) is 11.6 Å². The predicted molar refractivity (Wildman–Crippen MR) is 64.5 cm³/mol. The topological polar surface area (TPSA) is 66.5 Å². The zero-order chi connectivity index (χ0) is 12.6. The standard InChI is InChI=1S/C10H11ClN2O3S/c1-2-13-6-10(14)12-8-4-3-7(11)5-9(8)17(13,15)16/h3-5H,2,6H2,1H3,(H,12,14). The van der Waals surface area contributed by atoms with Gasteiger partial charge >= 0.3 is 0 Å². The first kappa shape index (κ1) is 12.3. The van der Waals surface area contributed by atoms with Crippen LogP contribution in [-0.4, -0.2) is 31.7 Å².